The minimum atomic E-state index is 0.734. The number of benzene rings is 2. The summed E-state index contributed by atoms with van der Waals surface area (Å²) in [5.41, 5.74) is 14.9. The maximum absolute atomic E-state index is 5.12. The molecule has 1 heteroatoms. The van der Waals surface area contributed by atoms with Crippen molar-refractivity contribution in [3.8, 4) is 22.4 Å². The molecule has 10 unspecified atom stereocenters. The monoisotopic (exact) mass is 509 g/mol. The molecule has 1 nitrogen and oxygen atoms in total. The Balaban J connectivity index is 0.956. The molecule has 6 saturated carbocycles. The summed E-state index contributed by atoms with van der Waals surface area (Å²) in [4.78, 5) is 5.12. The molecule has 10 atom stereocenters. The molecule has 3 aromatic rings. The number of pyridine rings is 1. The van der Waals surface area contributed by atoms with Gasteiger partial charge < -0.3 is 0 Å². The number of nitrogens with zero attached hydrogens (tertiary/aromatic N) is 1. The Kier molecular flexibility index (Phi) is 3.68. The molecule has 2 aromatic carbocycles. The van der Waals surface area contributed by atoms with Crippen molar-refractivity contribution in [2.45, 2.75) is 94.8 Å². The molecule has 11 rings (SSSR count). The molecule has 39 heavy (non-hydrogen) atoms. The van der Waals surface area contributed by atoms with Crippen LogP contribution in [0.25, 0.3) is 22.4 Å². The second-order valence-corrected chi connectivity index (χ2v) is 15.8. The third kappa shape index (κ3) is 2.43. The van der Waals surface area contributed by atoms with Gasteiger partial charge in [0.05, 0.1) is 5.69 Å². The second-order valence-electron chi connectivity index (χ2n) is 15.8. The number of fused-ring (bicyclic) bond motifs is 10. The van der Waals surface area contributed by atoms with Gasteiger partial charge in [0.2, 0.25) is 0 Å². The molecular weight excluding hydrogens is 470 g/mol. The number of aryl methyl sites for hydroxylation is 1. The lowest BCUT2D eigenvalue weighted by molar-refractivity contribution is 0.00321. The zero-order valence-corrected chi connectivity index (χ0v) is 23.3. The number of rotatable bonds is 2. The minimum absolute atomic E-state index is 0.734. The van der Waals surface area contributed by atoms with E-state index in [0.717, 1.165) is 63.9 Å². The summed E-state index contributed by atoms with van der Waals surface area (Å²) < 4.78 is 0. The van der Waals surface area contributed by atoms with Gasteiger partial charge in [-0.25, -0.2) is 0 Å². The molecule has 8 aliphatic rings. The lowest BCUT2D eigenvalue weighted by Gasteiger charge is -2.48. The predicted molar refractivity (Wildman–Crippen MR) is 156 cm³/mol. The van der Waals surface area contributed by atoms with Gasteiger partial charge in [-0.05, 0) is 175 Å². The van der Waals surface area contributed by atoms with E-state index in [0.29, 0.717) is 0 Å². The maximum Gasteiger partial charge on any atom is 0.0705 e. The lowest BCUT2D eigenvalue weighted by atomic mass is 9.56. The first-order chi connectivity index (χ1) is 19.1. The van der Waals surface area contributed by atoms with E-state index in [4.69, 9.17) is 4.98 Å². The van der Waals surface area contributed by atoms with Crippen LogP contribution in [0.3, 0.4) is 0 Å². The molecule has 6 fully saturated rings. The van der Waals surface area contributed by atoms with Gasteiger partial charge in [0.1, 0.15) is 0 Å². The van der Waals surface area contributed by atoms with Crippen LogP contribution in [0.4, 0.5) is 0 Å². The van der Waals surface area contributed by atoms with Crippen LogP contribution in [0.15, 0.2) is 48.7 Å². The lowest BCUT2D eigenvalue weighted by Crippen LogP contribution is -2.41. The summed E-state index contributed by atoms with van der Waals surface area (Å²) in [7, 11) is 0. The Bertz CT molecular complexity index is 1610. The van der Waals surface area contributed by atoms with Crippen molar-refractivity contribution in [2.24, 2.45) is 34.5 Å². The number of hydrogen-bond acceptors (Lipinski definition) is 1. The molecule has 0 saturated heterocycles. The number of aromatic nitrogens is 1. The molecule has 0 N–H and O–H groups in total. The molecule has 1 heterocycles. The zero-order chi connectivity index (χ0) is 25.2. The molecular formula is C38H39N. The van der Waals surface area contributed by atoms with Gasteiger partial charge in [-0.1, -0.05) is 30.3 Å². The normalized spacial score (nSPS) is 44.2. The fraction of sp³-hybridized carbons (Fsp3) is 0.553. The van der Waals surface area contributed by atoms with Gasteiger partial charge in [0, 0.05) is 17.3 Å². The Hall–Kier alpha value is -2.41. The summed E-state index contributed by atoms with van der Waals surface area (Å²) >= 11 is 0. The largest absolute Gasteiger partial charge is 0.256 e. The Morgan fingerprint density at radius 3 is 1.59 bits per heavy atom. The first-order valence-electron chi connectivity index (χ1n) is 16.3. The van der Waals surface area contributed by atoms with Crippen LogP contribution in [-0.4, -0.2) is 4.98 Å². The van der Waals surface area contributed by atoms with Crippen molar-refractivity contribution in [2.75, 3.05) is 0 Å². The van der Waals surface area contributed by atoms with Crippen LogP contribution in [0.2, 0.25) is 0 Å². The van der Waals surface area contributed by atoms with Crippen LogP contribution in [0.1, 0.15) is 116 Å². The first-order valence-corrected chi connectivity index (χ1v) is 16.3. The highest BCUT2D eigenvalue weighted by atomic mass is 14.7. The predicted octanol–water partition coefficient (Wildman–Crippen LogP) is 9.51. The van der Waals surface area contributed by atoms with E-state index in [1.165, 1.54) is 86.5 Å². The molecule has 8 aliphatic carbocycles. The second kappa shape index (κ2) is 6.72. The third-order valence-electron chi connectivity index (χ3n) is 14.8. The molecule has 0 amide bonds. The minimum Gasteiger partial charge on any atom is -0.256 e. The molecule has 2 spiro atoms. The summed E-state index contributed by atoms with van der Waals surface area (Å²) in [5, 5.41) is 0. The van der Waals surface area contributed by atoms with Crippen LogP contribution < -0.4 is 0 Å². The topological polar surface area (TPSA) is 12.9 Å². The van der Waals surface area contributed by atoms with Crippen molar-refractivity contribution >= 4 is 0 Å². The van der Waals surface area contributed by atoms with Crippen molar-refractivity contribution in [1.82, 2.24) is 4.98 Å². The van der Waals surface area contributed by atoms with E-state index in [1.54, 1.807) is 22.3 Å². The Labute approximate surface area is 232 Å². The fourth-order valence-corrected chi connectivity index (χ4v) is 13.2. The van der Waals surface area contributed by atoms with Gasteiger partial charge in [0.25, 0.3) is 0 Å². The van der Waals surface area contributed by atoms with E-state index in [2.05, 4.69) is 55.6 Å². The Morgan fingerprint density at radius 1 is 0.564 bits per heavy atom. The summed E-state index contributed by atoms with van der Waals surface area (Å²) in [6, 6.07) is 17.4. The van der Waals surface area contributed by atoms with E-state index in [-0.39, 0.29) is 0 Å². The molecule has 196 valence electrons. The zero-order valence-electron chi connectivity index (χ0n) is 23.3. The third-order valence-corrected chi connectivity index (χ3v) is 14.8. The molecule has 0 aliphatic heterocycles. The van der Waals surface area contributed by atoms with Gasteiger partial charge in [-0.2, -0.15) is 0 Å². The molecule has 6 bridgehead atoms. The van der Waals surface area contributed by atoms with Crippen LogP contribution in [0, 0.1) is 41.4 Å². The van der Waals surface area contributed by atoms with Crippen molar-refractivity contribution in [1.29, 1.82) is 0 Å². The standard InChI is InChI=1S/C38H39N/c1-20-6-36(22-3-5-32-24-8-28-14-30-10-26(34(32)12-22)18-38(28,30)16-24)39-19-35(20)21-2-4-31-23-7-27-13-29-9-25(33(31)11-21)17-37(27,29)15-23/h2-6,11-12,19,23-30H,7-10,13-18H2,1H3. The van der Waals surface area contributed by atoms with E-state index >= 15 is 0 Å². The first kappa shape index (κ1) is 21.4. The van der Waals surface area contributed by atoms with Gasteiger partial charge in [-0.3, -0.25) is 4.98 Å². The highest BCUT2D eigenvalue weighted by molar-refractivity contribution is 5.72. The summed E-state index contributed by atoms with van der Waals surface area (Å²) in [6.45, 7) is 2.31. The van der Waals surface area contributed by atoms with Crippen molar-refractivity contribution < 1.29 is 0 Å². The van der Waals surface area contributed by atoms with E-state index < -0.39 is 0 Å². The fourth-order valence-electron chi connectivity index (χ4n) is 13.2. The Morgan fingerprint density at radius 2 is 1.05 bits per heavy atom. The average molecular weight is 510 g/mol. The van der Waals surface area contributed by atoms with Crippen LogP contribution in [0.5, 0.6) is 0 Å². The van der Waals surface area contributed by atoms with Crippen molar-refractivity contribution in [3.63, 3.8) is 0 Å². The number of hydrogen-bond donors (Lipinski definition) is 0. The van der Waals surface area contributed by atoms with E-state index in [1.807, 2.05) is 0 Å². The van der Waals surface area contributed by atoms with Crippen molar-refractivity contribution in [3.05, 3.63) is 76.5 Å². The van der Waals surface area contributed by atoms with E-state index in [9.17, 15) is 0 Å². The maximum atomic E-state index is 5.12. The summed E-state index contributed by atoms with van der Waals surface area (Å²) in [6.07, 6.45) is 17.0. The van der Waals surface area contributed by atoms with Gasteiger partial charge >= 0.3 is 0 Å². The average Bonchev–Trinajstić information content (AvgIpc) is 3.57. The quantitative estimate of drug-likeness (QED) is 0.335. The summed E-state index contributed by atoms with van der Waals surface area (Å²) in [5.74, 6) is 7.44. The highest BCUT2D eigenvalue weighted by Gasteiger charge is 2.66. The molecule has 0 radical (unpaired) electrons. The molecule has 1 aromatic heterocycles. The van der Waals surface area contributed by atoms with Gasteiger partial charge in [-0.15, -0.1) is 0 Å². The van der Waals surface area contributed by atoms with Crippen LogP contribution >= 0.6 is 0 Å². The SMILES string of the molecule is Cc1cc(-c2ccc3c(c2)C2CC4CC5CC3CC54C2)ncc1-c1ccc2c(c1)C1CC3CC4CC2CC43C1. The highest BCUT2D eigenvalue weighted by Crippen LogP contribution is 2.77. The van der Waals surface area contributed by atoms with Gasteiger partial charge in [0.15, 0.2) is 0 Å². The van der Waals surface area contributed by atoms with Crippen LogP contribution in [-0.2, 0) is 0 Å². The smallest absolute Gasteiger partial charge is 0.0705 e.